The van der Waals surface area contributed by atoms with Crippen LogP contribution in [0.5, 0.6) is 0 Å². The second kappa shape index (κ2) is 13.1. The molecule has 0 spiro atoms. The van der Waals surface area contributed by atoms with Crippen molar-refractivity contribution in [3.05, 3.63) is 12.2 Å². The lowest BCUT2D eigenvalue weighted by atomic mass is 10.1. The van der Waals surface area contributed by atoms with E-state index in [1.165, 1.54) is 12.8 Å². The highest BCUT2D eigenvalue weighted by Gasteiger charge is 2.14. The topological polar surface area (TPSA) is 46.5 Å². The summed E-state index contributed by atoms with van der Waals surface area (Å²) in [5.41, 5.74) is 0.461. The van der Waals surface area contributed by atoms with Gasteiger partial charge in [-0.15, -0.1) is 0 Å². The fraction of sp³-hybridized carbons (Fsp3) is 0.824. The Kier molecular flexibility index (Phi) is 14.2. The Labute approximate surface area is 146 Å². The molecule has 0 aromatic heterocycles. The normalized spacial score (nSPS) is 12.4. The van der Waals surface area contributed by atoms with E-state index in [1.807, 2.05) is 0 Å². The van der Waals surface area contributed by atoms with Gasteiger partial charge in [0.05, 0.1) is 27.7 Å². The number of esters is 1. The van der Waals surface area contributed by atoms with Crippen LogP contribution in [0.15, 0.2) is 12.2 Å². The van der Waals surface area contributed by atoms with Crippen molar-refractivity contribution in [3.8, 4) is 0 Å². The van der Waals surface area contributed by atoms with Crippen molar-refractivity contribution in [2.75, 3.05) is 34.3 Å². The van der Waals surface area contributed by atoms with Crippen LogP contribution >= 0.6 is 0 Å². The SMILES string of the molecule is C=C(C)C(=O)OCCCCCCCCC(O)C[N+](C)(C)C.[Br-]. The van der Waals surface area contributed by atoms with E-state index in [9.17, 15) is 9.90 Å². The highest BCUT2D eigenvalue weighted by Crippen LogP contribution is 2.10. The molecular formula is C17H34BrNO3. The molecule has 0 bridgehead atoms. The molecule has 1 atom stereocenters. The zero-order valence-electron chi connectivity index (χ0n) is 14.7. The second-order valence-electron chi connectivity index (χ2n) is 6.95. The first-order chi connectivity index (χ1) is 9.72. The van der Waals surface area contributed by atoms with Crippen molar-refractivity contribution in [1.29, 1.82) is 0 Å². The summed E-state index contributed by atoms with van der Waals surface area (Å²) < 4.78 is 5.85. The molecule has 0 aliphatic carbocycles. The van der Waals surface area contributed by atoms with Crippen LogP contribution in [0.1, 0.15) is 51.9 Å². The largest absolute Gasteiger partial charge is 1.00 e. The van der Waals surface area contributed by atoms with Crippen LogP contribution in [0.2, 0.25) is 0 Å². The summed E-state index contributed by atoms with van der Waals surface area (Å²) in [7, 11) is 6.30. The number of hydrogen-bond acceptors (Lipinski definition) is 3. The number of likely N-dealkylation sites (N-methyl/N-ethyl adjacent to an activating group) is 1. The van der Waals surface area contributed by atoms with Gasteiger partial charge in [-0.3, -0.25) is 0 Å². The van der Waals surface area contributed by atoms with Gasteiger partial charge in [0.25, 0.3) is 0 Å². The maximum atomic E-state index is 11.1. The van der Waals surface area contributed by atoms with Crippen LogP contribution in [0.3, 0.4) is 0 Å². The van der Waals surface area contributed by atoms with Gasteiger partial charge in [0.15, 0.2) is 0 Å². The number of halogens is 1. The van der Waals surface area contributed by atoms with Gasteiger partial charge >= 0.3 is 5.97 Å². The van der Waals surface area contributed by atoms with E-state index in [4.69, 9.17) is 4.74 Å². The number of aliphatic hydroxyl groups excluding tert-OH is 1. The molecule has 1 N–H and O–H groups in total. The third-order valence-corrected chi connectivity index (χ3v) is 3.27. The number of ether oxygens (including phenoxy) is 1. The molecule has 0 saturated heterocycles. The maximum Gasteiger partial charge on any atom is 0.333 e. The Morgan fingerprint density at radius 3 is 2.09 bits per heavy atom. The van der Waals surface area contributed by atoms with Crippen molar-refractivity contribution in [3.63, 3.8) is 0 Å². The highest BCUT2D eigenvalue weighted by molar-refractivity contribution is 5.86. The van der Waals surface area contributed by atoms with Crippen LogP contribution < -0.4 is 17.0 Å². The molecule has 0 aromatic rings. The van der Waals surface area contributed by atoms with Crippen LogP contribution in [-0.4, -0.2) is 56.0 Å². The molecular weight excluding hydrogens is 346 g/mol. The summed E-state index contributed by atoms with van der Waals surface area (Å²) in [4.78, 5) is 11.1. The number of quaternary nitrogens is 1. The van der Waals surface area contributed by atoms with E-state index in [-0.39, 0.29) is 29.1 Å². The molecule has 132 valence electrons. The minimum absolute atomic E-state index is 0. The van der Waals surface area contributed by atoms with Gasteiger partial charge in [-0.25, -0.2) is 4.79 Å². The van der Waals surface area contributed by atoms with Gasteiger partial charge in [0.1, 0.15) is 12.6 Å². The third kappa shape index (κ3) is 16.0. The number of unbranched alkanes of at least 4 members (excludes halogenated alkanes) is 5. The third-order valence-electron chi connectivity index (χ3n) is 3.27. The van der Waals surface area contributed by atoms with Crippen molar-refractivity contribution < 1.29 is 36.1 Å². The van der Waals surface area contributed by atoms with Crippen molar-refractivity contribution in [1.82, 2.24) is 0 Å². The van der Waals surface area contributed by atoms with Gasteiger partial charge in [-0.2, -0.15) is 0 Å². The van der Waals surface area contributed by atoms with E-state index >= 15 is 0 Å². The van der Waals surface area contributed by atoms with E-state index in [0.29, 0.717) is 12.2 Å². The van der Waals surface area contributed by atoms with Crippen LogP contribution in [0.25, 0.3) is 0 Å². The Morgan fingerprint density at radius 1 is 1.09 bits per heavy atom. The molecule has 0 saturated carbocycles. The minimum atomic E-state index is -0.291. The van der Waals surface area contributed by atoms with E-state index in [1.54, 1.807) is 6.92 Å². The molecule has 0 aliphatic rings. The Hall–Kier alpha value is -0.390. The standard InChI is InChI=1S/C17H34NO3.BrH/c1-15(2)17(20)21-13-11-9-7-6-8-10-12-16(19)14-18(3,4)5;/h16,19H,1,6-14H2,2-5H3;1H/q+1;/p-1. The summed E-state index contributed by atoms with van der Waals surface area (Å²) >= 11 is 0. The van der Waals surface area contributed by atoms with Crippen LogP contribution in [0.4, 0.5) is 0 Å². The van der Waals surface area contributed by atoms with E-state index in [2.05, 4.69) is 27.7 Å². The summed E-state index contributed by atoms with van der Waals surface area (Å²) in [6, 6.07) is 0. The molecule has 0 heterocycles. The van der Waals surface area contributed by atoms with Gasteiger partial charge in [-0.05, 0) is 19.8 Å². The second-order valence-corrected chi connectivity index (χ2v) is 6.95. The number of carbonyl (C=O) groups is 1. The fourth-order valence-corrected chi connectivity index (χ4v) is 2.20. The van der Waals surface area contributed by atoms with Gasteiger partial charge in [0, 0.05) is 5.57 Å². The van der Waals surface area contributed by atoms with Gasteiger partial charge in [-0.1, -0.05) is 38.7 Å². The minimum Gasteiger partial charge on any atom is -1.00 e. The predicted molar refractivity (Wildman–Crippen MR) is 87.0 cm³/mol. The van der Waals surface area contributed by atoms with E-state index < -0.39 is 0 Å². The molecule has 0 aliphatic heterocycles. The number of rotatable bonds is 12. The first-order valence-electron chi connectivity index (χ1n) is 8.03. The first kappa shape index (κ1) is 23.9. The Bertz CT molecular complexity index is 314. The van der Waals surface area contributed by atoms with Crippen molar-refractivity contribution >= 4 is 5.97 Å². The summed E-state index contributed by atoms with van der Waals surface area (Å²) in [5.74, 6) is -0.291. The molecule has 0 fully saturated rings. The molecule has 0 rings (SSSR count). The monoisotopic (exact) mass is 379 g/mol. The maximum absolute atomic E-state index is 11.1. The molecule has 4 nitrogen and oxygen atoms in total. The molecule has 0 amide bonds. The smallest absolute Gasteiger partial charge is 0.333 e. The number of carbonyl (C=O) groups excluding carboxylic acids is 1. The lowest BCUT2D eigenvalue weighted by Gasteiger charge is -2.26. The van der Waals surface area contributed by atoms with E-state index in [0.717, 1.165) is 43.1 Å². The highest BCUT2D eigenvalue weighted by atomic mass is 79.9. The molecule has 5 heteroatoms. The van der Waals surface area contributed by atoms with Crippen molar-refractivity contribution in [2.45, 2.75) is 58.0 Å². The molecule has 0 aromatic carbocycles. The number of nitrogens with zero attached hydrogens (tertiary/aromatic N) is 1. The Balaban J connectivity index is 0. The summed E-state index contributed by atoms with van der Waals surface area (Å²) in [6.07, 6.45) is 7.32. The number of aliphatic hydroxyl groups is 1. The first-order valence-corrected chi connectivity index (χ1v) is 8.03. The average Bonchev–Trinajstić information content (AvgIpc) is 2.34. The fourth-order valence-electron chi connectivity index (χ4n) is 2.20. The lowest BCUT2D eigenvalue weighted by Crippen LogP contribution is -3.00. The number of hydrogen-bond donors (Lipinski definition) is 1. The van der Waals surface area contributed by atoms with Crippen LogP contribution in [-0.2, 0) is 9.53 Å². The van der Waals surface area contributed by atoms with Gasteiger partial charge in [0.2, 0.25) is 0 Å². The van der Waals surface area contributed by atoms with Gasteiger partial charge < -0.3 is 31.3 Å². The summed E-state index contributed by atoms with van der Waals surface area (Å²) in [5, 5.41) is 9.88. The lowest BCUT2D eigenvalue weighted by molar-refractivity contribution is -0.873. The zero-order valence-corrected chi connectivity index (χ0v) is 16.3. The Morgan fingerprint density at radius 2 is 1.59 bits per heavy atom. The average molecular weight is 380 g/mol. The van der Waals surface area contributed by atoms with Crippen LogP contribution in [0, 0.1) is 0 Å². The summed E-state index contributed by atoms with van der Waals surface area (Å²) in [6.45, 7) is 6.51. The zero-order chi connectivity index (χ0) is 16.3. The van der Waals surface area contributed by atoms with Crippen molar-refractivity contribution in [2.24, 2.45) is 0 Å². The molecule has 0 radical (unpaired) electrons. The predicted octanol–water partition coefficient (Wildman–Crippen LogP) is -0.0925. The molecule has 1 unspecified atom stereocenters. The molecule has 22 heavy (non-hydrogen) atoms. The quantitative estimate of drug-likeness (QED) is 0.223.